The molecule has 144 valence electrons. The molecule has 0 amide bonds. The van der Waals surface area contributed by atoms with Crippen LogP contribution in [0.5, 0.6) is 0 Å². The number of alkyl halides is 2. The summed E-state index contributed by atoms with van der Waals surface area (Å²) in [5, 5.41) is 11.3. The van der Waals surface area contributed by atoms with E-state index in [2.05, 4.69) is 15.0 Å². The monoisotopic (exact) mass is 382 g/mol. The zero-order valence-electron chi connectivity index (χ0n) is 15.3. The summed E-state index contributed by atoms with van der Waals surface area (Å²) < 4.78 is 26.3. The summed E-state index contributed by atoms with van der Waals surface area (Å²) in [4.78, 5) is 12.8. The molecule has 28 heavy (non-hydrogen) atoms. The van der Waals surface area contributed by atoms with Crippen molar-refractivity contribution in [3.63, 3.8) is 0 Å². The minimum atomic E-state index is -2.66. The number of aliphatic hydroxyl groups excluding tert-OH is 1. The van der Waals surface area contributed by atoms with Crippen LogP contribution >= 0.6 is 0 Å². The highest BCUT2D eigenvalue weighted by Crippen LogP contribution is 2.48. The topological polar surface area (TPSA) is 84.4 Å². The van der Waals surface area contributed by atoms with Crippen LogP contribution in [0.15, 0.2) is 47.6 Å². The van der Waals surface area contributed by atoms with Gasteiger partial charge in [-0.2, -0.15) is 0 Å². The standard InChI is InChI=1S/C21H20F2N4O/c1-25-10-15-6-14(11-26-20(15)24)17-5-4-12-2-3-13(7-18(12)27-17)19(28)16-8-21(22,23)9-16/h2-7,10-11,16,19,28H,8-9H2,1H3,(H2,24,26). The highest BCUT2D eigenvalue weighted by atomic mass is 19.3. The third-order valence-corrected chi connectivity index (χ3v) is 5.14. The molecular formula is C21H20F2N4O. The second kappa shape index (κ2) is 6.91. The van der Waals surface area contributed by atoms with E-state index < -0.39 is 17.9 Å². The molecule has 3 N–H and O–H groups in total. The number of aromatic nitrogens is 2. The summed E-state index contributed by atoms with van der Waals surface area (Å²) in [5.74, 6) is -2.69. The Morgan fingerprint density at radius 2 is 2.00 bits per heavy atom. The van der Waals surface area contributed by atoms with Crippen molar-refractivity contribution in [2.24, 2.45) is 10.9 Å². The summed E-state index contributed by atoms with van der Waals surface area (Å²) in [6, 6.07) is 11.0. The fourth-order valence-electron chi connectivity index (χ4n) is 3.56. The molecule has 1 unspecified atom stereocenters. The van der Waals surface area contributed by atoms with Crippen molar-refractivity contribution < 1.29 is 13.9 Å². The lowest BCUT2D eigenvalue weighted by Gasteiger charge is -2.38. The molecule has 0 bridgehead atoms. The molecule has 7 heteroatoms. The van der Waals surface area contributed by atoms with Gasteiger partial charge in [0, 0.05) is 54.7 Å². The molecule has 0 spiro atoms. The van der Waals surface area contributed by atoms with E-state index in [9.17, 15) is 13.9 Å². The molecule has 5 nitrogen and oxygen atoms in total. The maximum absolute atomic E-state index is 13.1. The second-order valence-electron chi connectivity index (χ2n) is 7.20. The molecule has 1 fully saturated rings. The SMILES string of the molecule is CN=Cc1cc(-c2ccc3ccc(C(O)C4CC(F)(F)C4)cc3n2)cnc1N. The van der Waals surface area contributed by atoms with Crippen molar-refractivity contribution in [3.05, 3.63) is 53.7 Å². The van der Waals surface area contributed by atoms with Gasteiger partial charge in [-0.25, -0.2) is 18.7 Å². The Morgan fingerprint density at radius 3 is 2.71 bits per heavy atom. The Morgan fingerprint density at radius 1 is 1.25 bits per heavy atom. The van der Waals surface area contributed by atoms with Gasteiger partial charge in [0.05, 0.1) is 17.3 Å². The van der Waals surface area contributed by atoms with Crippen LogP contribution in [0.1, 0.15) is 30.1 Å². The summed E-state index contributed by atoms with van der Waals surface area (Å²) in [7, 11) is 1.66. The minimum Gasteiger partial charge on any atom is -0.388 e. The number of nitrogens with zero attached hydrogens (tertiary/aromatic N) is 3. The zero-order chi connectivity index (χ0) is 19.9. The largest absolute Gasteiger partial charge is 0.388 e. The molecule has 1 aromatic carbocycles. The van der Waals surface area contributed by atoms with Gasteiger partial charge in [0.1, 0.15) is 5.82 Å². The van der Waals surface area contributed by atoms with Gasteiger partial charge < -0.3 is 10.8 Å². The number of aliphatic imine (C=N–C) groups is 1. The number of rotatable bonds is 4. The quantitative estimate of drug-likeness (QED) is 0.668. The van der Waals surface area contributed by atoms with Gasteiger partial charge in [0.2, 0.25) is 5.92 Å². The molecular weight excluding hydrogens is 362 g/mol. The van der Waals surface area contributed by atoms with Crippen molar-refractivity contribution in [1.29, 1.82) is 0 Å². The van der Waals surface area contributed by atoms with Crippen LogP contribution in [0.4, 0.5) is 14.6 Å². The molecule has 0 aliphatic heterocycles. The van der Waals surface area contributed by atoms with Gasteiger partial charge in [0.25, 0.3) is 0 Å². The normalized spacial score (nSPS) is 17.7. The van der Waals surface area contributed by atoms with E-state index in [0.717, 1.165) is 10.9 Å². The predicted octanol–water partition coefficient (Wildman–Crippen LogP) is 4.01. The number of fused-ring (bicyclic) bond motifs is 1. The van der Waals surface area contributed by atoms with Crippen LogP contribution in [0, 0.1) is 5.92 Å². The summed E-state index contributed by atoms with van der Waals surface area (Å²) in [6.07, 6.45) is 1.80. The summed E-state index contributed by atoms with van der Waals surface area (Å²) >= 11 is 0. The molecule has 0 saturated heterocycles. The molecule has 4 rings (SSSR count). The molecule has 1 atom stereocenters. The van der Waals surface area contributed by atoms with E-state index >= 15 is 0 Å². The maximum atomic E-state index is 13.1. The summed E-state index contributed by atoms with van der Waals surface area (Å²) in [6.45, 7) is 0. The van der Waals surface area contributed by atoms with Crippen LogP contribution in [-0.2, 0) is 0 Å². The Kier molecular flexibility index (Phi) is 4.55. The summed E-state index contributed by atoms with van der Waals surface area (Å²) in [5.41, 5.74) is 9.34. The average Bonchev–Trinajstić information content (AvgIpc) is 2.66. The Bertz CT molecular complexity index is 1060. The number of pyridine rings is 2. The van der Waals surface area contributed by atoms with E-state index in [0.29, 0.717) is 28.2 Å². The Labute approximate surface area is 161 Å². The Balaban J connectivity index is 1.68. The molecule has 2 heterocycles. The first kappa shape index (κ1) is 18.4. The first-order valence-electron chi connectivity index (χ1n) is 9.01. The third kappa shape index (κ3) is 3.45. The number of hydrogen-bond acceptors (Lipinski definition) is 5. The molecule has 0 radical (unpaired) electrons. The van der Waals surface area contributed by atoms with Crippen LogP contribution in [-0.4, -0.2) is 34.3 Å². The number of halogens is 2. The lowest BCUT2D eigenvalue weighted by molar-refractivity contribution is -0.142. The highest BCUT2D eigenvalue weighted by molar-refractivity contribution is 5.88. The van der Waals surface area contributed by atoms with Crippen molar-refractivity contribution in [2.75, 3.05) is 12.8 Å². The average molecular weight is 382 g/mol. The van der Waals surface area contributed by atoms with Gasteiger partial charge in [-0.15, -0.1) is 0 Å². The van der Waals surface area contributed by atoms with Gasteiger partial charge in [-0.3, -0.25) is 4.99 Å². The number of hydrogen-bond donors (Lipinski definition) is 2. The van der Waals surface area contributed by atoms with Crippen LogP contribution in [0.2, 0.25) is 0 Å². The smallest absolute Gasteiger partial charge is 0.248 e. The fraction of sp³-hybridized carbons (Fsp3) is 0.286. The van der Waals surface area contributed by atoms with E-state index in [-0.39, 0.29) is 12.8 Å². The molecule has 1 aliphatic carbocycles. The van der Waals surface area contributed by atoms with Crippen molar-refractivity contribution in [3.8, 4) is 11.3 Å². The van der Waals surface area contributed by atoms with Crippen molar-refractivity contribution >= 4 is 22.9 Å². The van der Waals surface area contributed by atoms with Crippen LogP contribution in [0.25, 0.3) is 22.2 Å². The highest BCUT2D eigenvalue weighted by Gasteiger charge is 2.48. The lowest BCUT2D eigenvalue weighted by Crippen LogP contribution is -2.38. The third-order valence-electron chi connectivity index (χ3n) is 5.14. The number of nitrogens with two attached hydrogens (primary N) is 1. The maximum Gasteiger partial charge on any atom is 0.248 e. The molecule has 1 saturated carbocycles. The molecule has 1 aliphatic rings. The van der Waals surface area contributed by atoms with Crippen molar-refractivity contribution in [1.82, 2.24) is 9.97 Å². The number of benzene rings is 1. The molecule has 3 aromatic rings. The van der Waals surface area contributed by atoms with Gasteiger partial charge in [0.15, 0.2) is 0 Å². The predicted molar refractivity (Wildman–Crippen MR) is 106 cm³/mol. The van der Waals surface area contributed by atoms with E-state index in [1.54, 1.807) is 31.6 Å². The van der Waals surface area contributed by atoms with Crippen molar-refractivity contribution in [2.45, 2.75) is 24.9 Å². The minimum absolute atomic E-state index is 0.279. The fourth-order valence-corrected chi connectivity index (χ4v) is 3.56. The number of anilines is 1. The number of nitrogen functional groups attached to an aromatic ring is 1. The van der Waals surface area contributed by atoms with E-state index in [1.807, 2.05) is 24.3 Å². The van der Waals surface area contributed by atoms with E-state index in [1.165, 1.54) is 0 Å². The first-order valence-corrected chi connectivity index (χ1v) is 9.01. The lowest BCUT2D eigenvalue weighted by atomic mass is 9.75. The van der Waals surface area contributed by atoms with Gasteiger partial charge in [-0.1, -0.05) is 18.2 Å². The molecule has 2 aromatic heterocycles. The van der Waals surface area contributed by atoms with Crippen LogP contribution in [0.3, 0.4) is 0 Å². The van der Waals surface area contributed by atoms with Crippen LogP contribution < -0.4 is 5.73 Å². The number of aliphatic hydroxyl groups is 1. The van der Waals surface area contributed by atoms with Gasteiger partial charge in [-0.05, 0) is 23.8 Å². The Hall–Kier alpha value is -2.93. The first-order chi connectivity index (χ1) is 13.4. The van der Waals surface area contributed by atoms with E-state index in [4.69, 9.17) is 5.73 Å². The zero-order valence-corrected chi connectivity index (χ0v) is 15.3. The second-order valence-corrected chi connectivity index (χ2v) is 7.20. The van der Waals surface area contributed by atoms with Gasteiger partial charge >= 0.3 is 0 Å².